The molecule has 50 heavy (non-hydrogen) atoms. The molecule has 0 saturated heterocycles. The first-order chi connectivity index (χ1) is 22.8. The largest absolute Gasteiger partial charge is 0.464 e. The molecule has 3 rings (SSSR count). The Morgan fingerprint density at radius 1 is 0.600 bits per heavy atom. The fraction of sp³-hybridized carbons (Fsp3) is 0.516. The Labute approximate surface area is 289 Å². The van der Waals surface area contributed by atoms with Gasteiger partial charge in [-0.05, 0) is 19.3 Å². The number of carbonyl (C=O) groups is 3. The van der Waals surface area contributed by atoms with Gasteiger partial charge in [-0.2, -0.15) is 0 Å². The molecule has 19 heteroatoms. The maximum Gasteiger partial charge on any atom is 0.355 e. The molecule has 0 bridgehead atoms. The van der Waals surface area contributed by atoms with Crippen LogP contribution in [0.1, 0.15) is 98.2 Å². The summed E-state index contributed by atoms with van der Waals surface area (Å²) in [6.45, 7) is 7.12. The molecule has 0 fully saturated rings. The predicted molar refractivity (Wildman–Crippen MR) is 185 cm³/mol. The van der Waals surface area contributed by atoms with Crippen LogP contribution in [-0.4, -0.2) is 76.3 Å². The van der Waals surface area contributed by atoms with Crippen molar-refractivity contribution in [3.05, 3.63) is 97.8 Å². The second kappa shape index (κ2) is 23.8. The van der Waals surface area contributed by atoms with Gasteiger partial charge in [-0.3, -0.25) is 38.1 Å². The van der Waals surface area contributed by atoms with E-state index in [0.29, 0.717) is 19.6 Å². The van der Waals surface area contributed by atoms with Gasteiger partial charge in [0.15, 0.2) is 0 Å². The van der Waals surface area contributed by atoms with Gasteiger partial charge in [0, 0.05) is 46.2 Å². The summed E-state index contributed by atoms with van der Waals surface area (Å²) in [6.07, 6.45) is 4.92. The molecule has 0 unspecified atom stereocenters. The van der Waals surface area contributed by atoms with Gasteiger partial charge < -0.3 is 19.2 Å². The molecule has 275 valence electrons. The highest BCUT2D eigenvalue weighted by molar-refractivity contribution is 5.88. The lowest BCUT2D eigenvalue weighted by molar-refractivity contribution is 0.0576. The van der Waals surface area contributed by atoms with Crippen molar-refractivity contribution in [2.45, 2.75) is 86.4 Å². The molecule has 0 amide bonds. The third-order valence-corrected chi connectivity index (χ3v) is 6.47. The van der Waals surface area contributed by atoms with Crippen molar-refractivity contribution < 1.29 is 28.6 Å². The lowest BCUT2D eigenvalue weighted by Crippen LogP contribution is -2.42. The number of nitrogens with zero attached hydrogens (tertiary/aromatic N) is 3. The summed E-state index contributed by atoms with van der Waals surface area (Å²) in [5.74, 6) is -2.09. The van der Waals surface area contributed by atoms with E-state index in [1.54, 1.807) is 0 Å². The second-order valence-electron chi connectivity index (χ2n) is 9.97. The molecule has 0 aliphatic carbocycles. The van der Waals surface area contributed by atoms with Crippen molar-refractivity contribution >= 4 is 26.3 Å². The van der Waals surface area contributed by atoms with Crippen LogP contribution in [0.15, 0.2) is 47.0 Å². The van der Waals surface area contributed by atoms with Crippen LogP contribution in [-0.2, 0) is 33.8 Å². The average molecular weight is 706 g/mol. The van der Waals surface area contributed by atoms with Crippen molar-refractivity contribution in [3.63, 3.8) is 0 Å². The van der Waals surface area contributed by atoms with Gasteiger partial charge in [-0.1, -0.05) is 47.5 Å². The number of unbranched alkanes of at least 4 members (excludes halogenated alkanes) is 3. The predicted octanol–water partition coefficient (Wildman–Crippen LogP) is 0.625. The van der Waals surface area contributed by atoms with E-state index in [1.807, 2.05) is 25.8 Å². The van der Waals surface area contributed by atoms with Crippen molar-refractivity contribution in [3.8, 4) is 0 Å². The van der Waals surface area contributed by atoms with Gasteiger partial charge in [0.2, 0.25) is 0 Å². The molecule has 3 heterocycles. The first-order valence-electron chi connectivity index (χ1n) is 15.1. The first-order valence-corrected chi connectivity index (χ1v) is 15.1. The Hall–Kier alpha value is -5.49. The van der Waals surface area contributed by atoms with Crippen LogP contribution in [0.3, 0.4) is 0 Å². The van der Waals surface area contributed by atoms with E-state index in [0.717, 1.165) is 57.8 Å². The number of rotatable bonds is 12. The SMILES string of the molecule is C.CCCCn1c(C(=O)OC)cc(=O)[nH]c1=O.CCCCn1c(C(=O)OC)cc(=O)n(CCCC)c1=O.COC(=O)c1cc(=O)[nH]c(=O)[nH]1.[B]. The highest BCUT2D eigenvalue weighted by Crippen LogP contribution is 2.01. The summed E-state index contributed by atoms with van der Waals surface area (Å²) in [7, 11) is 3.60. The minimum absolute atomic E-state index is 0. The number of aromatic nitrogens is 6. The minimum atomic E-state index is -0.752. The topological polar surface area (TPSA) is 243 Å². The number of methoxy groups -OCH3 is 3. The number of hydrogen-bond donors (Lipinski definition) is 3. The summed E-state index contributed by atoms with van der Waals surface area (Å²) in [6, 6.07) is 3.22. The van der Waals surface area contributed by atoms with Gasteiger partial charge in [0.25, 0.3) is 16.7 Å². The van der Waals surface area contributed by atoms with Gasteiger partial charge in [-0.15, -0.1) is 0 Å². The lowest BCUT2D eigenvalue weighted by atomic mass is 10.3. The fourth-order valence-corrected chi connectivity index (χ4v) is 3.96. The Morgan fingerprint density at radius 3 is 1.50 bits per heavy atom. The van der Waals surface area contributed by atoms with Crippen molar-refractivity contribution in [2.75, 3.05) is 21.3 Å². The molecule has 0 aliphatic rings. The molecule has 0 saturated carbocycles. The Morgan fingerprint density at radius 2 is 1.04 bits per heavy atom. The zero-order chi connectivity index (χ0) is 36.4. The molecule has 0 aromatic carbocycles. The van der Waals surface area contributed by atoms with Gasteiger partial charge in [0.05, 0.1) is 21.3 Å². The molecular weight excluding hydrogens is 659 g/mol. The van der Waals surface area contributed by atoms with E-state index >= 15 is 0 Å². The molecule has 18 nitrogen and oxygen atoms in total. The molecule has 0 atom stereocenters. The molecular formula is C31H46BN6O12. The van der Waals surface area contributed by atoms with E-state index in [9.17, 15) is 43.2 Å². The van der Waals surface area contributed by atoms with Crippen LogP contribution in [0, 0.1) is 0 Å². The molecule has 0 aliphatic heterocycles. The maximum absolute atomic E-state index is 12.4. The monoisotopic (exact) mass is 705 g/mol. The smallest absolute Gasteiger partial charge is 0.355 e. The zero-order valence-electron chi connectivity index (χ0n) is 28.4. The van der Waals surface area contributed by atoms with Crippen molar-refractivity contribution in [1.82, 2.24) is 28.7 Å². The summed E-state index contributed by atoms with van der Waals surface area (Å²) >= 11 is 0. The Balaban J connectivity index is 0. The number of H-pyrrole nitrogens is 3. The van der Waals surface area contributed by atoms with E-state index < -0.39 is 51.7 Å². The molecule has 3 aromatic rings. The van der Waals surface area contributed by atoms with Crippen LogP contribution in [0.5, 0.6) is 0 Å². The number of hydrogen-bond acceptors (Lipinski definition) is 12. The van der Waals surface area contributed by atoms with E-state index in [4.69, 9.17) is 0 Å². The summed E-state index contributed by atoms with van der Waals surface area (Å²) in [5, 5.41) is 0. The summed E-state index contributed by atoms with van der Waals surface area (Å²) in [4.78, 5) is 108. The van der Waals surface area contributed by atoms with Crippen LogP contribution in [0.25, 0.3) is 0 Å². The van der Waals surface area contributed by atoms with Crippen LogP contribution in [0.4, 0.5) is 0 Å². The average Bonchev–Trinajstić information content (AvgIpc) is 3.06. The van der Waals surface area contributed by atoms with Gasteiger partial charge >= 0.3 is 35.0 Å². The quantitative estimate of drug-likeness (QED) is 0.133. The molecule has 0 spiro atoms. The zero-order valence-corrected chi connectivity index (χ0v) is 28.4. The number of ether oxygens (including phenoxy) is 3. The lowest BCUT2D eigenvalue weighted by Gasteiger charge is -2.13. The Bertz CT molecular complexity index is 1870. The van der Waals surface area contributed by atoms with Crippen molar-refractivity contribution in [2.24, 2.45) is 0 Å². The summed E-state index contributed by atoms with van der Waals surface area (Å²) in [5.41, 5.74) is -3.57. The molecule has 3 N–H and O–H groups in total. The van der Waals surface area contributed by atoms with Gasteiger partial charge in [-0.25, -0.2) is 28.8 Å². The number of nitrogens with one attached hydrogen (secondary N) is 3. The highest BCUT2D eigenvalue weighted by atomic mass is 16.5. The molecule has 3 aromatic heterocycles. The highest BCUT2D eigenvalue weighted by Gasteiger charge is 2.17. The molecule has 3 radical (unpaired) electrons. The maximum atomic E-state index is 12.4. The number of aromatic amines is 3. The van der Waals surface area contributed by atoms with Crippen molar-refractivity contribution in [1.29, 1.82) is 0 Å². The first kappa shape index (κ1) is 46.6. The van der Waals surface area contributed by atoms with E-state index in [1.165, 1.54) is 34.0 Å². The van der Waals surface area contributed by atoms with Crippen LogP contribution in [0.2, 0.25) is 0 Å². The number of esters is 3. The Kier molecular flexibility index (Phi) is 22.2. The van der Waals surface area contributed by atoms with E-state index in [2.05, 4.69) is 24.2 Å². The third kappa shape index (κ3) is 13.9. The normalized spacial score (nSPS) is 9.72. The van der Waals surface area contributed by atoms with Crippen LogP contribution >= 0.6 is 0 Å². The second-order valence-corrected chi connectivity index (χ2v) is 9.97. The van der Waals surface area contributed by atoms with Crippen LogP contribution < -0.4 is 33.7 Å². The standard InChI is InChI=1S/C14H22N2O4.C10H14N2O4.C6H6N2O4.CH4.B/c1-4-6-8-15-11(13(18)20-3)10-12(17)16(14(15)19)9-7-5-2;1-3-4-5-12-7(9(14)16-2)6-8(13)11-10(12)15;1-12-5(10)3-2-4(9)8-6(11)7-3;;/h10H,4-9H2,1-3H3;6H,3-5H2,1-2H3,(H,11,13,15);2H,1H3,(H2,7,8,9,11);1H4;. The number of carbonyl (C=O) groups excluding carboxylic acids is 3. The fourth-order valence-electron chi connectivity index (χ4n) is 3.96. The van der Waals surface area contributed by atoms with Gasteiger partial charge in [0.1, 0.15) is 17.1 Å². The minimum Gasteiger partial charge on any atom is -0.464 e. The van der Waals surface area contributed by atoms with E-state index in [-0.39, 0.29) is 32.9 Å². The third-order valence-electron chi connectivity index (χ3n) is 6.47. The summed E-state index contributed by atoms with van der Waals surface area (Å²) < 4.78 is 17.2.